The number of carbonyl (C=O) groups is 3. The Kier molecular flexibility index (Phi) is 5.75. The third-order valence-electron chi connectivity index (χ3n) is 6.20. The average molecular weight is 488 g/mol. The third kappa shape index (κ3) is 3.78. The van der Waals surface area contributed by atoms with Crippen molar-refractivity contribution in [2.45, 2.75) is 45.0 Å². The highest BCUT2D eigenvalue weighted by atomic mass is 16.5. The monoisotopic (exact) mass is 487 g/mol. The summed E-state index contributed by atoms with van der Waals surface area (Å²) in [6.45, 7) is 3.28. The predicted molar refractivity (Wildman–Crippen MR) is 131 cm³/mol. The number of hydrogen-bond donors (Lipinski definition) is 2. The fourth-order valence-corrected chi connectivity index (χ4v) is 4.83. The fourth-order valence-electron chi connectivity index (χ4n) is 4.83. The van der Waals surface area contributed by atoms with Gasteiger partial charge in [0.15, 0.2) is 12.4 Å². The van der Waals surface area contributed by atoms with Gasteiger partial charge < -0.3 is 20.7 Å². The minimum atomic E-state index is -1.60. The van der Waals surface area contributed by atoms with Crippen LogP contribution >= 0.6 is 0 Å². The molecule has 11 heteroatoms. The number of esters is 1. The van der Waals surface area contributed by atoms with Crippen LogP contribution in [0.4, 0.5) is 23.3 Å². The summed E-state index contributed by atoms with van der Waals surface area (Å²) < 4.78 is 5.66. The highest BCUT2D eigenvalue weighted by molar-refractivity contribution is 6.15. The molecule has 2 aliphatic heterocycles. The zero-order valence-corrected chi connectivity index (χ0v) is 19.8. The smallest absolute Gasteiger partial charge is 0.354 e. The van der Waals surface area contributed by atoms with E-state index >= 15 is 0 Å². The summed E-state index contributed by atoms with van der Waals surface area (Å²) in [5, 5.41) is 3.03. The van der Waals surface area contributed by atoms with Crippen molar-refractivity contribution in [2.24, 2.45) is 0 Å². The highest BCUT2D eigenvalue weighted by Gasteiger charge is 2.62. The van der Waals surface area contributed by atoms with Crippen LogP contribution in [0.1, 0.15) is 42.9 Å². The second kappa shape index (κ2) is 8.91. The van der Waals surface area contributed by atoms with Gasteiger partial charge in [-0.3, -0.25) is 14.5 Å². The van der Waals surface area contributed by atoms with E-state index in [1.54, 1.807) is 38.1 Å². The molecule has 3 N–H and O–H groups in total. The van der Waals surface area contributed by atoms with Gasteiger partial charge in [-0.05, 0) is 38.1 Å². The molecular weight excluding hydrogens is 462 g/mol. The molecule has 0 spiro atoms. The molecule has 1 fully saturated rings. The van der Waals surface area contributed by atoms with Crippen molar-refractivity contribution in [2.75, 3.05) is 16.0 Å². The number of ether oxygens (including phenoxy) is 1. The molecule has 1 aromatic heterocycles. The van der Waals surface area contributed by atoms with Crippen molar-refractivity contribution < 1.29 is 19.1 Å². The van der Waals surface area contributed by atoms with Gasteiger partial charge in [-0.2, -0.15) is 15.0 Å². The van der Waals surface area contributed by atoms with Gasteiger partial charge in [0.05, 0.1) is 11.3 Å². The molecule has 0 aliphatic carbocycles. The zero-order valence-electron chi connectivity index (χ0n) is 19.8. The maximum atomic E-state index is 13.7. The second-order valence-corrected chi connectivity index (χ2v) is 8.83. The summed E-state index contributed by atoms with van der Waals surface area (Å²) in [7, 11) is 0. The maximum absolute atomic E-state index is 13.7. The fraction of sp³-hybridized carbons (Fsp3) is 0.280. The number of benzene rings is 2. The summed E-state index contributed by atoms with van der Waals surface area (Å²) in [6, 6.07) is 15.7. The summed E-state index contributed by atoms with van der Waals surface area (Å²) in [5.74, 6) is -1.04. The van der Waals surface area contributed by atoms with E-state index in [9.17, 15) is 14.4 Å². The van der Waals surface area contributed by atoms with Crippen LogP contribution in [0.5, 0.6) is 0 Å². The van der Waals surface area contributed by atoms with Crippen LogP contribution < -0.4 is 16.0 Å². The summed E-state index contributed by atoms with van der Waals surface area (Å²) in [5.41, 5.74) is 5.77. The Morgan fingerprint density at radius 2 is 1.81 bits per heavy atom. The number of nitrogen functional groups attached to an aromatic ring is 1. The molecule has 5 rings (SSSR count). The predicted octanol–water partition coefficient (Wildman–Crippen LogP) is 2.63. The Morgan fingerprint density at radius 3 is 2.56 bits per heavy atom. The van der Waals surface area contributed by atoms with Crippen LogP contribution in [0.2, 0.25) is 0 Å². The van der Waals surface area contributed by atoms with Crippen LogP contribution in [0.3, 0.4) is 0 Å². The Morgan fingerprint density at radius 1 is 1.08 bits per heavy atom. The van der Waals surface area contributed by atoms with E-state index in [4.69, 9.17) is 10.5 Å². The number of hydrogen-bond acceptors (Lipinski definition) is 9. The number of nitrogens with two attached hydrogens (primary N) is 1. The van der Waals surface area contributed by atoms with E-state index in [0.717, 1.165) is 5.69 Å². The molecular formula is C25H25N7O4. The molecule has 1 unspecified atom stereocenters. The van der Waals surface area contributed by atoms with Crippen LogP contribution in [-0.2, 0) is 20.9 Å². The highest BCUT2D eigenvalue weighted by Crippen LogP contribution is 2.46. The molecule has 36 heavy (non-hydrogen) atoms. The van der Waals surface area contributed by atoms with Gasteiger partial charge in [-0.1, -0.05) is 30.3 Å². The molecule has 0 radical (unpaired) electrons. The number of para-hydroxylation sites is 2. The van der Waals surface area contributed by atoms with Crippen LogP contribution in [-0.4, -0.2) is 49.3 Å². The number of nitrogens with one attached hydrogen (secondary N) is 1. The largest absolute Gasteiger partial charge is 0.454 e. The molecule has 3 aromatic rings. The van der Waals surface area contributed by atoms with Crippen molar-refractivity contribution in [3.05, 3.63) is 66.0 Å². The van der Waals surface area contributed by atoms with Crippen LogP contribution in [0, 0.1) is 0 Å². The topological polar surface area (TPSA) is 144 Å². The van der Waals surface area contributed by atoms with Crippen LogP contribution in [0.25, 0.3) is 0 Å². The van der Waals surface area contributed by atoms with Crippen molar-refractivity contribution in [3.8, 4) is 0 Å². The normalized spacial score (nSPS) is 18.8. The Bertz CT molecular complexity index is 1350. The Balaban J connectivity index is 1.45. The zero-order chi connectivity index (χ0) is 25.4. The van der Waals surface area contributed by atoms with Gasteiger partial charge >= 0.3 is 5.97 Å². The van der Waals surface area contributed by atoms with E-state index in [0.29, 0.717) is 11.3 Å². The van der Waals surface area contributed by atoms with E-state index < -0.39 is 11.6 Å². The number of anilines is 4. The lowest BCUT2D eigenvalue weighted by Gasteiger charge is -2.50. The average Bonchev–Trinajstić information content (AvgIpc) is 3.20. The van der Waals surface area contributed by atoms with Crippen molar-refractivity contribution >= 4 is 41.1 Å². The minimum absolute atomic E-state index is 0.0455. The van der Waals surface area contributed by atoms with Gasteiger partial charge in [0, 0.05) is 24.6 Å². The molecule has 0 bridgehead atoms. The first-order valence-electron chi connectivity index (χ1n) is 11.6. The summed E-state index contributed by atoms with van der Waals surface area (Å²) in [4.78, 5) is 55.5. The van der Waals surface area contributed by atoms with E-state index in [2.05, 4.69) is 20.3 Å². The molecule has 2 aliphatic rings. The standard InChI is InChI=1S/C25H25N7O4/c1-15(2)31-21(34)17-10-6-7-11-18(17)32-20(33)12-13-25(31,32)22(35)36-14-19-28-23(26)30-24(29-19)27-16-8-4-3-5-9-16/h3-11,15H,12-14H2,1-2H3,(H3,26,27,28,29,30). The Labute approximate surface area is 207 Å². The van der Waals surface area contributed by atoms with E-state index in [-0.39, 0.29) is 55.0 Å². The lowest BCUT2D eigenvalue weighted by Crippen LogP contribution is -2.70. The van der Waals surface area contributed by atoms with Crippen LogP contribution in [0.15, 0.2) is 54.6 Å². The third-order valence-corrected chi connectivity index (χ3v) is 6.20. The minimum Gasteiger partial charge on any atom is -0.454 e. The second-order valence-electron chi connectivity index (χ2n) is 8.83. The van der Waals surface area contributed by atoms with Crippen molar-refractivity contribution in [1.82, 2.24) is 19.9 Å². The first-order chi connectivity index (χ1) is 17.3. The molecule has 1 atom stereocenters. The van der Waals surface area contributed by atoms with Crippen molar-refractivity contribution in [1.29, 1.82) is 0 Å². The van der Waals surface area contributed by atoms with Gasteiger partial charge in [-0.15, -0.1) is 0 Å². The molecule has 3 heterocycles. The molecule has 184 valence electrons. The first kappa shape index (κ1) is 23.2. The maximum Gasteiger partial charge on any atom is 0.354 e. The molecule has 11 nitrogen and oxygen atoms in total. The summed E-state index contributed by atoms with van der Waals surface area (Å²) >= 11 is 0. The Hall–Kier alpha value is -4.54. The first-order valence-corrected chi connectivity index (χ1v) is 11.6. The quantitative estimate of drug-likeness (QED) is 0.501. The summed E-state index contributed by atoms with van der Waals surface area (Å²) in [6.07, 6.45) is 0.215. The van der Waals surface area contributed by atoms with Gasteiger partial charge in [-0.25, -0.2) is 4.79 Å². The van der Waals surface area contributed by atoms with Gasteiger partial charge in [0.2, 0.25) is 23.5 Å². The van der Waals surface area contributed by atoms with Gasteiger partial charge in [0.25, 0.3) is 5.91 Å². The number of aromatic nitrogens is 3. The van der Waals surface area contributed by atoms with E-state index in [1.807, 2.05) is 30.3 Å². The molecule has 1 saturated heterocycles. The number of carbonyl (C=O) groups excluding carboxylic acids is 3. The number of nitrogens with zero attached hydrogens (tertiary/aromatic N) is 5. The lowest BCUT2D eigenvalue weighted by atomic mass is 9.95. The molecule has 0 saturated carbocycles. The number of fused-ring (bicyclic) bond motifs is 3. The van der Waals surface area contributed by atoms with Gasteiger partial charge in [0.1, 0.15) is 0 Å². The van der Waals surface area contributed by atoms with E-state index in [1.165, 1.54) is 9.80 Å². The lowest BCUT2D eigenvalue weighted by molar-refractivity contribution is -0.160. The molecule has 2 amide bonds. The SMILES string of the molecule is CC(C)N1C(=O)c2ccccc2N2C(=O)CCC21C(=O)OCc1nc(N)nc(Nc2ccccc2)n1. The van der Waals surface area contributed by atoms with Crippen molar-refractivity contribution in [3.63, 3.8) is 0 Å². The molecule has 2 aromatic carbocycles. The number of amides is 2. The number of rotatable bonds is 6.